The molecule has 1 N–H and O–H groups in total. The number of carbonyl (C=O) groups excluding carboxylic acids is 1. The van der Waals surface area contributed by atoms with Gasteiger partial charge in [-0.3, -0.25) is 4.79 Å². The van der Waals surface area contributed by atoms with Gasteiger partial charge in [-0.2, -0.15) is 0 Å². The minimum absolute atomic E-state index is 0.0756. The van der Waals surface area contributed by atoms with Crippen molar-refractivity contribution in [1.29, 1.82) is 0 Å². The lowest BCUT2D eigenvalue weighted by Gasteiger charge is -2.08. The number of hydrogen-bond acceptors (Lipinski definition) is 1. The Hall–Kier alpha value is -2.61. The molecule has 0 aliphatic carbocycles. The Balaban J connectivity index is 1.87. The molecule has 0 spiro atoms. The van der Waals surface area contributed by atoms with Gasteiger partial charge in [-0.05, 0) is 60.0 Å². The van der Waals surface area contributed by atoms with Crippen LogP contribution in [0, 0.1) is 13.8 Å². The highest BCUT2D eigenvalue weighted by molar-refractivity contribution is 6.05. The van der Waals surface area contributed by atoms with Crippen molar-refractivity contribution in [2.24, 2.45) is 0 Å². The lowest BCUT2D eigenvalue weighted by Crippen LogP contribution is -2.12. The summed E-state index contributed by atoms with van der Waals surface area (Å²) in [6, 6.07) is 19.8. The molecule has 3 rings (SSSR count). The fourth-order valence-electron chi connectivity index (χ4n) is 2.35. The predicted molar refractivity (Wildman–Crippen MR) is 87.8 cm³/mol. The SMILES string of the molecule is Cc1ccc(C(=O)Nc2ccc3ccccc3c2)cc1C. The Bertz CT molecular complexity index is 821. The van der Waals surface area contributed by atoms with Gasteiger partial charge in [-0.15, -0.1) is 0 Å². The fourth-order valence-corrected chi connectivity index (χ4v) is 2.35. The summed E-state index contributed by atoms with van der Waals surface area (Å²) in [5, 5.41) is 5.25. The summed E-state index contributed by atoms with van der Waals surface area (Å²) < 4.78 is 0. The molecule has 0 radical (unpaired) electrons. The number of aryl methyl sites for hydroxylation is 2. The van der Waals surface area contributed by atoms with E-state index in [0.29, 0.717) is 5.56 Å². The molecule has 0 saturated heterocycles. The maximum Gasteiger partial charge on any atom is 0.255 e. The molecular weight excluding hydrogens is 258 g/mol. The minimum Gasteiger partial charge on any atom is -0.322 e. The maximum absolute atomic E-state index is 12.3. The molecule has 3 aromatic carbocycles. The molecule has 0 atom stereocenters. The molecule has 3 aromatic rings. The van der Waals surface area contributed by atoms with E-state index in [1.165, 1.54) is 10.9 Å². The van der Waals surface area contributed by atoms with E-state index in [0.717, 1.165) is 16.6 Å². The van der Waals surface area contributed by atoms with E-state index >= 15 is 0 Å². The van der Waals surface area contributed by atoms with Crippen molar-refractivity contribution in [1.82, 2.24) is 0 Å². The van der Waals surface area contributed by atoms with E-state index < -0.39 is 0 Å². The third-order valence-electron chi connectivity index (χ3n) is 3.78. The van der Waals surface area contributed by atoms with Crippen LogP contribution in [-0.4, -0.2) is 5.91 Å². The second kappa shape index (κ2) is 5.41. The quantitative estimate of drug-likeness (QED) is 0.721. The number of anilines is 1. The van der Waals surface area contributed by atoms with Gasteiger partial charge in [0.15, 0.2) is 0 Å². The number of nitrogens with one attached hydrogen (secondary N) is 1. The molecule has 0 saturated carbocycles. The number of rotatable bonds is 2. The molecule has 0 aromatic heterocycles. The van der Waals surface area contributed by atoms with Crippen LogP contribution in [0.5, 0.6) is 0 Å². The molecule has 0 unspecified atom stereocenters. The lowest BCUT2D eigenvalue weighted by molar-refractivity contribution is 0.102. The van der Waals surface area contributed by atoms with Crippen LogP contribution < -0.4 is 5.32 Å². The fraction of sp³-hybridized carbons (Fsp3) is 0.105. The Labute approximate surface area is 124 Å². The van der Waals surface area contributed by atoms with E-state index in [-0.39, 0.29) is 5.91 Å². The highest BCUT2D eigenvalue weighted by Crippen LogP contribution is 2.19. The summed E-state index contributed by atoms with van der Waals surface area (Å²) in [6.45, 7) is 4.06. The van der Waals surface area contributed by atoms with Gasteiger partial charge in [-0.1, -0.05) is 36.4 Å². The van der Waals surface area contributed by atoms with Crippen LogP contribution in [0.2, 0.25) is 0 Å². The van der Waals surface area contributed by atoms with Crippen molar-refractivity contribution in [2.75, 3.05) is 5.32 Å². The molecular formula is C19H17NO. The smallest absolute Gasteiger partial charge is 0.255 e. The van der Waals surface area contributed by atoms with Crippen LogP contribution >= 0.6 is 0 Å². The van der Waals surface area contributed by atoms with Crippen LogP contribution in [0.25, 0.3) is 10.8 Å². The van der Waals surface area contributed by atoms with Crippen molar-refractivity contribution < 1.29 is 4.79 Å². The largest absolute Gasteiger partial charge is 0.322 e. The second-order valence-electron chi connectivity index (χ2n) is 5.32. The molecule has 0 aliphatic heterocycles. The van der Waals surface area contributed by atoms with Gasteiger partial charge in [0.05, 0.1) is 0 Å². The van der Waals surface area contributed by atoms with E-state index in [1.54, 1.807) is 0 Å². The minimum atomic E-state index is -0.0756. The first-order valence-corrected chi connectivity index (χ1v) is 7.01. The first kappa shape index (κ1) is 13.4. The zero-order valence-corrected chi connectivity index (χ0v) is 12.2. The van der Waals surface area contributed by atoms with E-state index in [2.05, 4.69) is 11.4 Å². The van der Waals surface area contributed by atoms with Crippen LogP contribution in [0.15, 0.2) is 60.7 Å². The number of fused-ring (bicyclic) bond motifs is 1. The molecule has 104 valence electrons. The number of amides is 1. The van der Waals surface area contributed by atoms with Crippen LogP contribution in [-0.2, 0) is 0 Å². The van der Waals surface area contributed by atoms with Gasteiger partial charge in [-0.25, -0.2) is 0 Å². The Kier molecular flexibility index (Phi) is 3.44. The Morgan fingerprint density at radius 1 is 0.810 bits per heavy atom. The maximum atomic E-state index is 12.3. The van der Waals surface area contributed by atoms with Crippen molar-refractivity contribution in [2.45, 2.75) is 13.8 Å². The molecule has 2 nitrogen and oxygen atoms in total. The molecule has 1 amide bonds. The van der Waals surface area contributed by atoms with E-state index in [4.69, 9.17) is 0 Å². The van der Waals surface area contributed by atoms with Crippen LogP contribution in [0.3, 0.4) is 0 Å². The molecule has 0 fully saturated rings. The standard InChI is InChI=1S/C19H17NO/c1-13-7-8-17(11-14(13)2)19(21)20-18-10-9-15-5-3-4-6-16(15)12-18/h3-12H,1-2H3,(H,20,21). The average Bonchev–Trinajstić information content (AvgIpc) is 2.50. The van der Waals surface area contributed by atoms with Gasteiger partial charge < -0.3 is 5.32 Å². The molecule has 21 heavy (non-hydrogen) atoms. The van der Waals surface area contributed by atoms with Crippen LogP contribution in [0.4, 0.5) is 5.69 Å². The third-order valence-corrected chi connectivity index (χ3v) is 3.78. The number of hydrogen-bond donors (Lipinski definition) is 1. The summed E-state index contributed by atoms with van der Waals surface area (Å²) >= 11 is 0. The Morgan fingerprint density at radius 3 is 2.33 bits per heavy atom. The number of benzene rings is 3. The molecule has 0 aliphatic rings. The zero-order chi connectivity index (χ0) is 14.8. The Morgan fingerprint density at radius 2 is 1.57 bits per heavy atom. The van der Waals surface area contributed by atoms with Gasteiger partial charge in [0.1, 0.15) is 0 Å². The predicted octanol–water partition coefficient (Wildman–Crippen LogP) is 4.71. The summed E-state index contributed by atoms with van der Waals surface area (Å²) in [4.78, 5) is 12.3. The summed E-state index contributed by atoms with van der Waals surface area (Å²) in [6.07, 6.45) is 0. The second-order valence-corrected chi connectivity index (χ2v) is 5.32. The monoisotopic (exact) mass is 275 g/mol. The van der Waals surface area contributed by atoms with E-state index in [1.807, 2.05) is 68.4 Å². The highest BCUT2D eigenvalue weighted by Gasteiger charge is 2.07. The highest BCUT2D eigenvalue weighted by atomic mass is 16.1. The first-order chi connectivity index (χ1) is 10.1. The molecule has 0 bridgehead atoms. The molecule has 0 heterocycles. The van der Waals surface area contributed by atoms with E-state index in [9.17, 15) is 4.79 Å². The van der Waals surface area contributed by atoms with Gasteiger partial charge in [0.2, 0.25) is 0 Å². The normalized spacial score (nSPS) is 10.6. The van der Waals surface area contributed by atoms with Crippen LogP contribution in [0.1, 0.15) is 21.5 Å². The third kappa shape index (κ3) is 2.79. The zero-order valence-electron chi connectivity index (χ0n) is 12.2. The summed E-state index contributed by atoms with van der Waals surface area (Å²) in [7, 11) is 0. The molecule has 2 heteroatoms. The average molecular weight is 275 g/mol. The summed E-state index contributed by atoms with van der Waals surface area (Å²) in [5.41, 5.74) is 3.82. The lowest BCUT2D eigenvalue weighted by atomic mass is 10.1. The summed E-state index contributed by atoms with van der Waals surface area (Å²) in [5.74, 6) is -0.0756. The topological polar surface area (TPSA) is 29.1 Å². The first-order valence-electron chi connectivity index (χ1n) is 7.01. The van der Waals surface area contributed by atoms with Gasteiger partial charge >= 0.3 is 0 Å². The van der Waals surface area contributed by atoms with Crippen molar-refractivity contribution in [3.63, 3.8) is 0 Å². The van der Waals surface area contributed by atoms with Gasteiger partial charge in [0, 0.05) is 11.3 Å². The van der Waals surface area contributed by atoms with Gasteiger partial charge in [0.25, 0.3) is 5.91 Å². The van der Waals surface area contributed by atoms with Crippen molar-refractivity contribution in [3.05, 3.63) is 77.4 Å². The van der Waals surface area contributed by atoms with Crippen molar-refractivity contribution in [3.8, 4) is 0 Å². The van der Waals surface area contributed by atoms with Crippen molar-refractivity contribution >= 4 is 22.4 Å². The number of carbonyl (C=O) groups is 1.